The molecular formula is C15H18N2O2. The normalized spacial score (nSPS) is 11.0. The van der Waals surface area contributed by atoms with E-state index in [1.54, 1.807) is 12.1 Å². The molecule has 1 aromatic carbocycles. The van der Waals surface area contributed by atoms with Gasteiger partial charge in [0.05, 0.1) is 11.3 Å². The number of nitrogens with zero attached hydrogens (tertiary/aromatic N) is 2. The van der Waals surface area contributed by atoms with Gasteiger partial charge >= 0.3 is 5.97 Å². The van der Waals surface area contributed by atoms with Crippen molar-refractivity contribution in [2.45, 2.75) is 33.7 Å². The molecule has 0 radical (unpaired) electrons. The van der Waals surface area contributed by atoms with Crippen molar-refractivity contribution in [1.82, 2.24) is 9.78 Å². The smallest absolute Gasteiger partial charge is 0.335 e. The fourth-order valence-electron chi connectivity index (χ4n) is 2.06. The predicted octanol–water partition coefficient (Wildman–Crippen LogP) is 3.45. The molecule has 0 aliphatic carbocycles. The predicted molar refractivity (Wildman–Crippen MR) is 74.5 cm³/mol. The number of carboxylic acids is 1. The first-order chi connectivity index (χ1) is 8.90. The summed E-state index contributed by atoms with van der Waals surface area (Å²) in [5.41, 5.74) is 4.20. The Labute approximate surface area is 112 Å². The van der Waals surface area contributed by atoms with Gasteiger partial charge in [-0.15, -0.1) is 0 Å². The van der Waals surface area contributed by atoms with Crippen LogP contribution in [0.1, 0.15) is 41.5 Å². The minimum atomic E-state index is -0.907. The molecule has 0 spiro atoms. The lowest BCUT2D eigenvalue weighted by Gasteiger charge is -2.06. The first-order valence-corrected chi connectivity index (χ1v) is 6.30. The second kappa shape index (κ2) is 4.88. The average Bonchev–Trinajstić information content (AvgIpc) is 2.72. The fourth-order valence-corrected chi connectivity index (χ4v) is 2.06. The minimum Gasteiger partial charge on any atom is -0.478 e. The first-order valence-electron chi connectivity index (χ1n) is 6.30. The van der Waals surface area contributed by atoms with Crippen LogP contribution in [0, 0.1) is 13.8 Å². The maximum Gasteiger partial charge on any atom is 0.335 e. The molecule has 0 aliphatic heterocycles. The van der Waals surface area contributed by atoms with Gasteiger partial charge in [-0.05, 0) is 51.0 Å². The summed E-state index contributed by atoms with van der Waals surface area (Å²) < 4.78 is 1.90. The second-order valence-corrected chi connectivity index (χ2v) is 5.04. The van der Waals surface area contributed by atoms with E-state index >= 15 is 0 Å². The zero-order chi connectivity index (χ0) is 14.2. The van der Waals surface area contributed by atoms with Crippen LogP contribution < -0.4 is 0 Å². The number of rotatable bonds is 3. The third-order valence-corrected chi connectivity index (χ3v) is 3.22. The third-order valence-electron chi connectivity index (χ3n) is 3.22. The molecule has 4 heteroatoms. The van der Waals surface area contributed by atoms with Crippen LogP contribution in [0.15, 0.2) is 24.4 Å². The summed E-state index contributed by atoms with van der Waals surface area (Å²) in [6.45, 7) is 8.06. The molecule has 0 saturated heterocycles. The number of benzene rings is 1. The van der Waals surface area contributed by atoms with Gasteiger partial charge < -0.3 is 5.11 Å². The molecule has 0 amide bonds. The summed E-state index contributed by atoms with van der Waals surface area (Å²) in [6, 6.07) is 5.47. The topological polar surface area (TPSA) is 55.1 Å². The maximum absolute atomic E-state index is 11.1. The standard InChI is InChI=1S/C15H18N2O2/c1-9(2)17-8-14(11(4)16-17)13-7-12(15(18)19)6-5-10(13)3/h5-9H,1-4H3,(H,18,19). The molecular weight excluding hydrogens is 240 g/mol. The van der Waals surface area contributed by atoms with Gasteiger partial charge in [-0.2, -0.15) is 5.10 Å². The maximum atomic E-state index is 11.1. The molecule has 0 bridgehead atoms. The van der Waals surface area contributed by atoms with Crippen molar-refractivity contribution in [2.24, 2.45) is 0 Å². The van der Waals surface area contributed by atoms with E-state index in [0.717, 1.165) is 22.4 Å². The zero-order valence-corrected chi connectivity index (χ0v) is 11.6. The van der Waals surface area contributed by atoms with E-state index in [1.165, 1.54) is 0 Å². The van der Waals surface area contributed by atoms with Crippen LogP contribution in [-0.2, 0) is 0 Å². The van der Waals surface area contributed by atoms with Gasteiger partial charge in [0, 0.05) is 17.8 Å². The summed E-state index contributed by atoms with van der Waals surface area (Å²) in [5.74, 6) is -0.907. The number of carboxylic acid groups (broad SMARTS) is 1. The fraction of sp³-hybridized carbons (Fsp3) is 0.333. The highest BCUT2D eigenvalue weighted by Gasteiger charge is 2.13. The monoisotopic (exact) mass is 258 g/mol. The Bertz CT molecular complexity index is 627. The zero-order valence-electron chi connectivity index (χ0n) is 11.6. The average molecular weight is 258 g/mol. The molecule has 2 rings (SSSR count). The highest BCUT2D eigenvalue weighted by molar-refractivity contribution is 5.90. The van der Waals surface area contributed by atoms with Crippen molar-refractivity contribution in [3.63, 3.8) is 0 Å². The number of aryl methyl sites for hydroxylation is 2. The molecule has 1 aromatic heterocycles. The second-order valence-electron chi connectivity index (χ2n) is 5.04. The first kappa shape index (κ1) is 13.3. The summed E-state index contributed by atoms with van der Waals surface area (Å²) >= 11 is 0. The van der Waals surface area contributed by atoms with Crippen LogP contribution in [0.5, 0.6) is 0 Å². The van der Waals surface area contributed by atoms with E-state index in [1.807, 2.05) is 30.8 Å². The third kappa shape index (κ3) is 2.52. The van der Waals surface area contributed by atoms with Crippen molar-refractivity contribution in [3.05, 3.63) is 41.2 Å². The van der Waals surface area contributed by atoms with E-state index in [9.17, 15) is 4.79 Å². The number of hydrogen-bond acceptors (Lipinski definition) is 2. The molecule has 0 aliphatic rings. The molecule has 100 valence electrons. The molecule has 19 heavy (non-hydrogen) atoms. The van der Waals surface area contributed by atoms with E-state index in [-0.39, 0.29) is 6.04 Å². The quantitative estimate of drug-likeness (QED) is 0.917. The molecule has 0 atom stereocenters. The Balaban J connectivity index is 2.57. The van der Waals surface area contributed by atoms with Crippen LogP contribution in [0.4, 0.5) is 0 Å². The molecule has 0 unspecified atom stereocenters. The van der Waals surface area contributed by atoms with E-state index < -0.39 is 5.97 Å². The van der Waals surface area contributed by atoms with Crippen molar-refractivity contribution >= 4 is 5.97 Å². The lowest BCUT2D eigenvalue weighted by atomic mass is 9.99. The van der Waals surface area contributed by atoms with Crippen molar-refractivity contribution in [1.29, 1.82) is 0 Å². The molecule has 4 nitrogen and oxygen atoms in total. The van der Waals surface area contributed by atoms with Gasteiger partial charge in [0.15, 0.2) is 0 Å². The Morgan fingerprint density at radius 3 is 2.47 bits per heavy atom. The number of aromatic nitrogens is 2. The summed E-state index contributed by atoms with van der Waals surface area (Å²) in [5, 5.41) is 13.6. The van der Waals surface area contributed by atoms with Gasteiger partial charge in [-0.25, -0.2) is 4.79 Å². The number of hydrogen-bond donors (Lipinski definition) is 1. The Kier molecular flexibility index (Phi) is 3.42. The summed E-state index contributed by atoms with van der Waals surface area (Å²) in [7, 11) is 0. The van der Waals surface area contributed by atoms with Gasteiger partial charge in [-0.3, -0.25) is 4.68 Å². The number of aromatic carboxylic acids is 1. The van der Waals surface area contributed by atoms with E-state index in [2.05, 4.69) is 18.9 Å². The van der Waals surface area contributed by atoms with Gasteiger partial charge in [-0.1, -0.05) is 6.07 Å². The van der Waals surface area contributed by atoms with Crippen LogP contribution in [0.3, 0.4) is 0 Å². The molecule has 2 aromatic rings. The van der Waals surface area contributed by atoms with E-state index in [4.69, 9.17) is 5.11 Å². The largest absolute Gasteiger partial charge is 0.478 e. The molecule has 1 N–H and O–H groups in total. The highest BCUT2D eigenvalue weighted by Crippen LogP contribution is 2.28. The van der Waals surface area contributed by atoms with Crippen molar-refractivity contribution in [3.8, 4) is 11.1 Å². The lowest BCUT2D eigenvalue weighted by Crippen LogP contribution is -2.00. The van der Waals surface area contributed by atoms with Crippen LogP contribution in [0.25, 0.3) is 11.1 Å². The number of carbonyl (C=O) groups is 1. The van der Waals surface area contributed by atoms with Gasteiger partial charge in [0.2, 0.25) is 0 Å². The van der Waals surface area contributed by atoms with Crippen LogP contribution >= 0.6 is 0 Å². The summed E-state index contributed by atoms with van der Waals surface area (Å²) in [4.78, 5) is 11.1. The van der Waals surface area contributed by atoms with Crippen molar-refractivity contribution < 1.29 is 9.90 Å². The van der Waals surface area contributed by atoms with Gasteiger partial charge in [0.25, 0.3) is 0 Å². The minimum absolute atomic E-state index is 0.287. The van der Waals surface area contributed by atoms with Crippen molar-refractivity contribution in [2.75, 3.05) is 0 Å². The summed E-state index contributed by atoms with van der Waals surface area (Å²) in [6.07, 6.45) is 1.98. The lowest BCUT2D eigenvalue weighted by molar-refractivity contribution is 0.0697. The molecule has 0 fully saturated rings. The molecule has 0 saturated carbocycles. The highest BCUT2D eigenvalue weighted by atomic mass is 16.4. The Hall–Kier alpha value is -2.10. The van der Waals surface area contributed by atoms with Gasteiger partial charge in [0.1, 0.15) is 0 Å². The van der Waals surface area contributed by atoms with Crippen LogP contribution in [-0.4, -0.2) is 20.9 Å². The Morgan fingerprint density at radius 2 is 1.95 bits per heavy atom. The molecule has 1 heterocycles. The van der Waals surface area contributed by atoms with E-state index in [0.29, 0.717) is 5.56 Å². The van der Waals surface area contributed by atoms with Crippen LogP contribution in [0.2, 0.25) is 0 Å². The Morgan fingerprint density at radius 1 is 1.26 bits per heavy atom. The SMILES string of the molecule is Cc1ccc(C(=O)O)cc1-c1cn(C(C)C)nc1C.